The van der Waals surface area contributed by atoms with Gasteiger partial charge in [0.1, 0.15) is 0 Å². The largest absolute Gasteiger partial charge is 0.586 e. The molecule has 1 atom stereocenters. The van der Waals surface area contributed by atoms with Gasteiger partial charge < -0.3 is 24.8 Å². The molecule has 1 aromatic carbocycles. The summed E-state index contributed by atoms with van der Waals surface area (Å²) in [5.74, 6) is -2.07. The van der Waals surface area contributed by atoms with Crippen molar-refractivity contribution in [3.8, 4) is 11.5 Å². The Balaban J connectivity index is 2.00. The van der Waals surface area contributed by atoms with Crippen molar-refractivity contribution in [3.63, 3.8) is 0 Å². The van der Waals surface area contributed by atoms with Crippen LogP contribution < -0.4 is 14.8 Å². The second kappa shape index (κ2) is 5.66. The maximum absolute atomic E-state index is 12.9. The number of urea groups is 1. The molecule has 0 saturated carbocycles. The van der Waals surface area contributed by atoms with E-state index in [4.69, 9.17) is 5.11 Å². The van der Waals surface area contributed by atoms with Gasteiger partial charge in [-0.25, -0.2) is 4.79 Å². The zero-order chi connectivity index (χ0) is 16.5. The van der Waals surface area contributed by atoms with Crippen LogP contribution >= 0.6 is 0 Å². The number of halogens is 2. The summed E-state index contributed by atoms with van der Waals surface area (Å²) in [6, 6.07) is 3.24. The average molecular weight is 316 g/mol. The first kappa shape index (κ1) is 15.8. The standard InChI is InChI=1S/C13H14F2N2O5/c1-7(11(18)19)6-17(2)12(20)16-8-3-4-9-10(5-8)22-13(14,15)21-9/h3-5,7H,6H2,1-2H3,(H,16,20)(H,18,19). The van der Waals surface area contributed by atoms with Crippen LogP contribution in [0.15, 0.2) is 18.2 Å². The number of aliphatic carboxylic acids is 1. The molecule has 9 heteroatoms. The molecule has 2 N–H and O–H groups in total. The minimum Gasteiger partial charge on any atom is -0.481 e. The van der Waals surface area contributed by atoms with Gasteiger partial charge in [0, 0.05) is 25.3 Å². The Hall–Kier alpha value is -2.58. The van der Waals surface area contributed by atoms with Crippen molar-refractivity contribution in [2.24, 2.45) is 5.92 Å². The molecule has 0 fully saturated rings. The molecule has 7 nitrogen and oxygen atoms in total. The zero-order valence-electron chi connectivity index (χ0n) is 11.8. The lowest BCUT2D eigenvalue weighted by atomic mass is 10.2. The molecular formula is C13H14F2N2O5. The molecule has 1 aliphatic rings. The number of hydrogen-bond donors (Lipinski definition) is 2. The van der Waals surface area contributed by atoms with Crippen LogP contribution in [0.5, 0.6) is 11.5 Å². The second-order valence-corrected chi connectivity index (χ2v) is 4.88. The molecule has 0 aromatic heterocycles. The molecule has 1 unspecified atom stereocenters. The van der Waals surface area contributed by atoms with Crippen molar-refractivity contribution in [1.82, 2.24) is 4.90 Å². The number of carbonyl (C=O) groups excluding carboxylic acids is 1. The fourth-order valence-electron chi connectivity index (χ4n) is 1.82. The molecule has 1 heterocycles. The highest BCUT2D eigenvalue weighted by Crippen LogP contribution is 2.42. The van der Waals surface area contributed by atoms with E-state index < -0.39 is 24.2 Å². The molecule has 0 saturated heterocycles. The van der Waals surface area contributed by atoms with E-state index in [9.17, 15) is 18.4 Å². The number of carboxylic acid groups (broad SMARTS) is 1. The molecule has 0 bridgehead atoms. The lowest BCUT2D eigenvalue weighted by molar-refractivity contribution is -0.286. The number of hydrogen-bond acceptors (Lipinski definition) is 4. The van der Waals surface area contributed by atoms with E-state index >= 15 is 0 Å². The zero-order valence-corrected chi connectivity index (χ0v) is 11.8. The molecule has 2 amide bonds. The molecule has 0 radical (unpaired) electrons. The maximum atomic E-state index is 12.9. The van der Waals surface area contributed by atoms with Gasteiger partial charge in [-0.3, -0.25) is 4.79 Å². The highest BCUT2D eigenvalue weighted by Gasteiger charge is 2.43. The van der Waals surface area contributed by atoms with E-state index in [-0.39, 0.29) is 23.7 Å². The number of rotatable bonds is 4. The molecule has 22 heavy (non-hydrogen) atoms. The summed E-state index contributed by atoms with van der Waals surface area (Å²) in [5.41, 5.74) is 0.222. The highest BCUT2D eigenvalue weighted by atomic mass is 19.3. The van der Waals surface area contributed by atoms with Gasteiger partial charge in [-0.15, -0.1) is 8.78 Å². The van der Waals surface area contributed by atoms with Gasteiger partial charge in [-0.2, -0.15) is 0 Å². The summed E-state index contributed by atoms with van der Waals surface area (Å²) >= 11 is 0. The Morgan fingerprint density at radius 2 is 2.00 bits per heavy atom. The number of alkyl halides is 2. The smallest absolute Gasteiger partial charge is 0.481 e. The summed E-state index contributed by atoms with van der Waals surface area (Å²) in [4.78, 5) is 23.8. The fraction of sp³-hybridized carbons (Fsp3) is 0.385. The van der Waals surface area contributed by atoms with Crippen LogP contribution in [0.4, 0.5) is 19.3 Å². The lowest BCUT2D eigenvalue weighted by Gasteiger charge is -2.20. The number of nitrogens with one attached hydrogen (secondary N) is 1. The Morgan fingerprint density at radius 3 is 2.64 bits per heavy atom. The minimum atomic E-state index is -3.72. The van der Waals surface area contributed by atoms with Gasteiger partial charge in [-0.05, 0) is 12.1 Å². The number of benzene rings is 1. The number of nitrogens with zero attached hydrogens (tertiary/aromatic N) is 1. The quantitative estimate of drug-likeness (QED) is 0.889. The van der Waals surface area contributed by atoms with Crippen molar-refractivity contribution in [2.45, 2.75) is 13.2 Å². The minimum absolute atomic E-state index is 0.00376. The third kappa shape index (κ3) is 3.54. The fourth-order valence-corrected chi connectivity index (χ4v) is 1.82. The predicted octanol–water partition coefficient (Wildman–Crippen LogP) is 2.19. The molecule has 120 valence electrons. The van der Waals surface area contributed by atoms with E-state index in [2.05, 4.69) is 14.8 Å². The highest BCUT2D eigenvalue weighted by molar-refractivity contribution is 5.89. The van der Waals surface area contributed by atoms with E-state index in [1.54, 1.807) is 0 Å². The first-order chi connectivity index (χ1) is 10.2. The SMILES string of the molecule is CC(CN(C)C(=O)Nc1ccc2c(c1)OC(F)(F)O2)C(=O)O. The van der Waals surface area contributed by atoms with Crippen LogP contribution in [0, 0.1) is 5.92 Å². The van der Waals surface area contributed by atoms with Crippen LogP contribution in [-0.2, 0) is 4.79 Å². The number of carboxylic acids is 1. The third-order valence-corrected chi connectivity index (χ3v) is 2.97. The van der Waals surface area contributed by atoms with Gasteiger partial charge in [0.25, 0.3) is 0 Å². The Kier molecular flexibility index (Phi) is 4.07. The number of anilines is 1. The van der Waals surface area contributed by atoms with Crippen molar-refractivity contribution in [2.75, 3.05) is 18.9 Å². The number of fused-ring (bicyclic) bond motifs is 1. The van der Waals surface area contributed by atoms with Gasteiger partial charge in [0.2, 0.25) is 0 Å². The lowest BCUT2D eigenvalue weighted by Crippen LogP contribution is -2.36. The van der Waals surface area contributed by atoms with Crippen LogP contribution in [-0.4, -0.2) is 41.9 Å². The molecule has 0 aliphatic carbocycles. The Bertz CT molecular complexity index is 608. The van der Waals surface area contributed by atoms with E-state index in [1.807, 2.05) is 0 Å². The second-order valence-electron chi connectivity index (χ2n) is 4.88. The molecule has 2 rings (SSSR count). The maximum Gasteiger partial charge on any atom is 0.586 e. The molecule has 1 aromatic rings. The summed E-state index contributed by atoms with van der Waals surface area (Å²) < 4.78 is 34.3. The first-order valence-corrected chi connectivity index (χ1v) is 6.33. The molecule has 1 aliphatic heterocycles. The summed E-state index contributed by atoms with van der Waals surface area (Å²) in [7, 11) is 1.43. The summed E-state index contributed by atoms with van der Waals surface area (Å²) in [6.45, 7) is 1.47. The van der Waals surface area contributed by atoms with E-state index in [0.717, 1.165) is 0 Å². The molecular weight excluding hydrogens is 302 g/mol. The van der Waals surface area contributed by atoms with Crippen molar-refractivity contribution >= 4 is 17.7 Å². The Morgan fingerprint density at radius 1 is 1.36 bits per heavy atom. The topological polar surface area (TPSA) is 88.1 Å². The number of amides is 2. The van der Waals surface area contributed by atoms with Gasteiger partial charge >= 0.3 is 18.3 Å². The normalized spacial score (nSPS) is 16.0. The van der Waals surface area contributed by atoms with Crippen molar-refractivity contribution in [1.29, 1.82) is 0 Å². The first-order valence-electron chi connectivity index (χ1n) is 6.33. The van der Waals surface area contributed by atoms with Crippen molar-refractivity contribution in [3.05, 3.63) is 18.2 Å². The predicted molar refractivity (Wildman–Crippen MR) is 71.1 cm³/mol. The molecule has 0 spiro atoms. The third-order valence-electron chi connectivity index (χ3n) is 2.97. The van der Waals surface area contributed by atoms with Gasteiger partial charge in [0.05, 0.1) is 5.92 Å². The van der Waals surface area contributed by atoms with Crippen molar-refractivity contribution < 1.29 is 33.0 Å². The number of carbonyl (C=O) groups is 2. The van der Waals surface area contributed by atoms with Crippen LogP contribution in [0.25, 0.3) is 0 Å². The van der Waals surface area contributed by atoms with E-state index in [1.165, 1.54) is 37.1 Å². The van der Waals surface area contributed by atoms with Gasteiger partial charge in [0.15, 0.2) is 11.5 Å². The average Bonchev–Trinajstić information content (AvgIpc) is 2.71. The monoisotopic (exact) mass is 316 g/mol. The van der Waals surface area contributed by atoms with E-state index in [0.29, 0.717) is 0 Å². The van der Waals surface area contributed by atoms with Crippen LogP contribution in [0.2, 0.25) is 0 Å². The summed E-state index contributed by atoms with van der Waals surface area (Å²) in [5, 5.41) is 11.3. The summed E-state index contributed by atoms with van der Waals surface area (Å²) in [6.07, 6.45) is -3.72. The van der Waals surface area contributed by atoms with Crippen LogP contribution in [0.3, 0.4) is 0 Å². The van der Waals surface area contributed by atoms with Gasteiger partial charge in [-0.1, -0.05) is 6.92 Å². The Labute approximate surface area is 124 Å². The van der Waals surface area contributed by atoms with Crippen LogP contribution in [0.1, 0.15) is 6.92 Å². The number of ether oxygens (including phenoxy) is 2.